The average molecular weight is 470 g/mol. The highest BCUT2D eigenvalue weighted by Gasteiger charge is 2.57. The van der Waals surface area contributed by atoms with Crippen LogP contribution < -0.4 is 5.32 Å². The summed E-state index contributed by atoms with van der Waals surface area (Å²) in [5.41, 5.74) is 0.532. The second-order valence-corrected chi connectivity index (χ2v) is 11.6. The molecular weight excluding hydrogens is 434 g/mol. The van der Waals surface area contributed by atoms with Crippen molar-refractivity contribution in [3.63, 3.8) is 0 Å². The lowest BCUT2D eigenvalue weighted by molar-refractivity contribution is -0.161. The lowest BCUT2D eigenvalue weighted by atomic mass is 9.49. The Morgan fingerprint density at radius 2 is 1.73 bits per heavy atom. The first-order valence-electron chi connectivity index (χ1n) is 12.4. The molecule has 1 N–H and O–H groups in total. The number of rotatable bonds is 6. The van der Waals surface area contributed by atoms with Crippen molar-refractivity contribution in [3.8, 4) is 0 Å². The van der Waals surface area contributed by atoms with Crippen LogP contribution in [0.25, 0.3) is 0 Å². The largest absolute Gasteiger partial charge is 0.335 e. The van der Waals surface area contributed by atoms with Crippen LogP contribution in [-0.2, 0) is 14.4 Å². The van der Waals surface area contributed by atoms with Gasteiger partial charge >= 0.3 is 0 Å². The molecule has 1 aliphatic heterocycles. The van der Waals surface area contributed by atoms with Gasteiger partial charge in [-0.3, -0.25) is 14.4 Å². The highest BCUT2D eigenvalue weighted by molar-refractivity contribution is 7.98. The topological polar surface area (TPSA) is 69.7 Å². The van der Waals surface area contributed by atoms with E-state index in [4.69, 9.17) is 0 Å². The third kappa shape index (κ3) is 4.29. The van der Waals surface area contributed by atoms with Crippen LogP contribution in [0.4, 0.5) is 5.69 Å². The predicted octanol–water partition coefficient (Wildman–Crippen LogP) is 4.01. The fourth-order valence-electron chi connectivity index (χ4n) is 7.43. The SMILES string of the molecule is CSc1ccccc1NC(=O)CN(C)C(=O)C1CCCN1C(=O)C12CC3CC(CC(C3)C1)C2. The Labute approximate surface area is 200 Å². The first kappa shape index (κ1) is 22.8. The summed E-state index contributed by atoms with van der Waals surface area (Å²) in [6, 6.07) is 7.22. The highest BCUT2D eigenvalue weighted by atomic mass is 32.2. The minimum atomic E-state index is -0.429. The van der Waals surface area contributed by atoms with Crippen LogP contribution in [-0.4, -0.2) is 60.0 Å². The summed E-state index contributed by atoms with van der Waals surface area (Å²) < 4.78 is 0. The van der Waals surface area contributed by atoms with Crippen LogP contribution in [0.1, 0.15) is 51.4 Å². The molecule has 5 fully saturated rings. The van der Waals surface area contributed by atoms with E-state index in [0.29, 0.717) is 30.7 Å². The third-order valence-corrected chi connectivity index (χ3v) is 9.22. The van der Waals surface area contributed by atoms with Crippen molar-refractivity contribution < 1.29 is 14.4 Å². The molecule has 33 heavy (non-hydrogen) atoms. The molecule has 6 rings (SSSR count). The fourth-order valence-corrected chi connectivity index (χ4v) is 7.98. The zero-order chi connectivity index (χ0) is 23.2. The van der Waals surface area contributed by atoms with E-state index in [-0.39, 0.29) is 29.7 Å². The van der Waals surface area contributed by atoms with E-state index in [2.05, 4.69) is 5.32 Å². The number of thioether (sulfide) groups is 1. The smallest absolute Gasteiger partial charge is 0.245 e. The molecule has 1 unspecified atom stereocenters. The van der Waals surface area contributed by atoms with Gasteiger partial charge in [-0.25, -0.2) is 0 Å². The van der Waals surface area contributed by atoms with Crippen LogP contribution in [0.5, 0.6) is 0 Å². The molecule has 4 bridgehead atoms. The molecule has 5 aliphatic rings. The van der Waals surface area contributed by atoms with Gasteiger partial charge in [0.25, 0.3) is 0 Å². The molecule has 6 nitrogen and oxygen atoms in total. The minimum Gasteiger partial charge on any atom is -0.335 e. The number of hydrogen-bond donors (Lipinski definition) is 1. The van der Waals surface area contributed by atoms with Crippen LogP contribution in [0.3, 0.4) is 0 Å². The lowest BCUT2D eigenvalue weighted by Crippen LogP contribution is -2.57. The second kappa shape index (κ2) is 8.97. The van der Waals surface area contributed by atoms with Gasteiger partial charge in [-0.1, -0.05) is 12.1 Å². The fraction of sp³-hybridized carbons (Fsp3) is 0.654. The van der Waals surface area contributed by atoms with E-state index in [1.54, 1.807) is 18.8 Å². The molecule has 7 heteroatoms. The van der Waals surface area contributed by atoms with Gasteiger partial charge in [0.1, 0.15) is 6.04 Å². The molecule has 178 valence electrons. The molecule has 4 aliphatic carbocycles. The van der Waals surface area contributed by atoms with Gasteiger partial charge in [-0.15, -0.1) is 11.8 Å². The third-order valence-electron chi connectivity index (χ3n) is 8.43. The number of nitrogens with one attached hydrogen (secondary N) is 1. The molecule has 0 aromatic heterocycles. The molecule has 1 aromatic carbocycles. The highest BCUT2D eigenvalue weighted by Crippen LogP contribution is 2.60. The molecule has 0 spiro atoms. The van der Waals surface area contributed by atoms with Gasteiger partial charge < -0.3 is 15.1 Å². The first-order chi connectivity index (χ1) is 15.9. The lowest BCUT2D eigenvalue weighted by Gasteiger charge is -2.56. The maximum atomic E-state index is 13.8. The molecule has 4 saturated carbocycles. The average Bonchev–Trinajstić information content (AvgIpc) is 3.27. The zero-order valence-corrected chi connectivity index (χ0v) is 20.5. The summed E-state index contributed by atoms with van der Waals surface area (Å²) in [6.07, 6.45) is 10.5. The number of carbonyl (C=O) groups excluding carboxylic acids is 3. The number of anilines is 1. The summed E-state index contributed by atoms with van der Waals surface area (Å²) >= 11 is 1.57. The van der Waals surface area contributed by atoms with Gasteiger partial charge in [0.15, 0.2) is 0 Å². The van der Waals surface area contributed by atoms with Crippen molar-refractivity contribution in [2.24, 2.45) is 23.2 Å². The number of hydrogen-bond acceptors (Lipinski definition) is 4. The Morgan fingerprint density at radius 1 is 1.09 bits per heavy atom. The molecular formula is C26H35N3O3S. The Morgan fingerprint density at radius 3 is 2.36 bits per heavy atom. The quantitative estimate of drug-likeness (QED) is 0.639. The molecule has 1 saturated heterocycles. The second-order valence-electron chi connectivity index (χ2n) is 10.8. The summed E-state index contributed by atoms with van der Waals surface area (Å²) in [5, 5.41) is 2.93. The van der Waals surface area contributed by atoms with E-state index in [1.807, 2.05) is 35.4 Å². The van der Waals surface area contributed by atoms with E-state index in [0.717, 1.165) is 36.3 Å². The molecule has 3 amide bonds. The van der Waals surface area contributed by atoms with Gasteiger partial charge in [0.05, 0.1) is 17.6 Å². The first-order valence-corrected chi connectivity index (χ1v) is 13.6. The summed E-state index contributed by atoms with van der Waals surface area (Å²) in [5.74, 6) is 2.00. The van der Waals surface area contributed by atoms with Gasteiger partial charge in [-0.2, -0.15) is 0 Å². The Hall–Kier alpha value is -2.02. The summed E-state index contributed by atoms with van der Waals surface area (Å²) in [6.45, 7) is 0.648. The van der Waals surface area contributed by atoms with Crippen molar-refractivity contribution in [1.29, 1.82) is 0 Å². The van der Waals surface area contributed by atoms with Crippen LogP contribution in [0.2, 0.25) is 0 Å². The minimum absolute atomic E-state index is 0.0164. The van der Waals surface area contributed by atoms with Crippen LogP contribution in [0, 0.1) is 23.2 Å². The predicted molar refractivity (Wildman–Crippen MR) is 130 cm³/mol. The number of para-hydroxylation sites is 1. The Kier molecular flexibility index (Phi) is 6.19. The Bertz CT molecular complexity index is 913. The van der Waals surface area contributed by atoms with Crippen molar-refractivity contribution >= 4 is 35.2 Å². The van der Waals surface area contributed by atoms with Gasteiger partial charge in [0, 0.05) is 18.5 Å². The van der Waals surface area contributed by atoms with Crippen molar-refractivity contribution in [3.05, 3.63) is 24.3 Å². The van der Waals surface area contributed by atoms with Crippen molar-refractivity contribution in [2.45, 2.75) is 62.3 Å². The van der Waals surface area contributed by atoms with E-state index in [1.165, 1.54) is 24.2 Å². The molecule has 1 heterocycles. The Balaban J connectivity index is 1.23. The normalized spacial score (nSPS) is 32.1. The molecule has 0 radical (unpaired) electrons. The van der Waals surface area contributed by atoms with Crippen LogP contribution >= 0.6 is 11.8 Å². The number of likely N-dealkylation sites (N-methyl/N-ethyl adjacent to an activating group) is 1. The van der Waals surface area contributed by atoms with E-state index >= 15 is 0 Å². The number of benzene rings is 1. The molecule has 1 atom stereocenters. The molecule has 1 aromatic rings. The summed E-state index contributed by atoms with van der Waals surface area (Å²) in [4.78, 5) is 44.2. The van der Waals surface area contributed by atoms with Gasteiger partial charge in [-0.05, 0) is 87.5 Å². The summed E-state index contributed by atoms with van der Waals surface area (Å²) in [7, 11) is 1.67. The monoisotopic (exact) mass is 469 g/mol. The van der Waals surface area contributed by atoms with E-state index < -0.39 is 6.04 Å². The number of likely N-dealkylation sites (tertiary alicyclic amines) is 1. The maximum Gasteiger partial charge on any atom is 0.245 e. The van der Waals surface area contributed by atoms with Crippen molar-refractivity contribution in [1.82, 2.24) is 9.80 Å². The number of carbonyl (C=O) groups is 3. The van der Waals surface area contributed by atoms with Crippen LogP contribution in [0.15, 0.2) is 29.2 Å². The van der Waals surface area contributed by atoms with Gasteiger partial charge in [0.2, 0.25) is 17.7 Å². The number of nitrogens with zero attached hydrogens (tertiary/aromatic N) is 2. The number of amides is 3. The zero-order valence-electron chi connectivity index (χ0n) is 19.7. The maximum absolute atomic E-state index is 13.8. The van der Waals surface area contributed by atoms with E-state index in [9.17, 15) is 14.4 Å². The van der Waals surface area contributed by atoms with Crippen molar-refractivity contribution in [2.75, 3.05) is 31.7 Å². The standard InChI is InChI=1S/C26H35N3O3S/c1-28(16-23(30)27-20-6-3-4-8-22(20)33-2)24(31)21-7-5-9-29(21)25(32)26-13-17-10-18(14-26)12-19(11-17)15-26/h3-4,6,8,17-19,21H,5,7,9-16H2,1-2H3,(H,27,30).